The number of rotatable bonds is 2. The van der Waals surface area contributed by atoms with Crippen molar-refractivity contribution in [3.05, 3.63) is 41.5 Å². The van der Waals surface area contributed by atoms with E-state index >= 15 is 0 Å². The van der Waals surface area contributed by atoms with Crippen LogP contribution in [0.4, 0.5) is 0 Å². The monoisotopic (exact) mass is 658 g/mol. The third-order valence-electron chi connectivity index (χ3n) is 3.24. The van der Waals surface area contributed by atoms with Gasteiger partial charge in [-0.2, -0.15) is 0 Å². The van der Waals surface area contributed by atoms with Crippen LogP contribution in [-0.4, -0.2) is 42.4 Å². The van der Waals surface area contributed by atoms with Gasteiger partial charge in [0.15, 0.2) is 0 Å². The normalized spacial score (nSPS) is 26.1. The molecule has 0 N–H and O–H groups in total. The molecule has 0 saturated heterocycles. The Balaban J connectivity index is 1.27. The van der Waals surface area contributed by atoms with Crippen LogP contribution < -0.4 is 0 Å². The van der Waals surface area contributed by atoms with Gasteiger partial charge in [0, 0.05) is 0 Å². The van der Waals surface area contributed by atoms with Crippen LogP contribution in [0.1, 0.15) is 0 Å². The van der Waals surface area contributed by atoms with Crippen molar-refractivity contribution >= 4 is 148 Å². The molecule has 5 heterocycles. The molecule has 26 heavy (non-hydrogen) atoms. The summed E-state index contributed by atoms with van der Waals surface area (Å²) < 4.78 is 15.6. The Hall–Kier alpha value is 3.24. The molecule has 0 fully saturated rings. The van der Waals surface area contributed by atoms with Crippen LogP contribution >= 0.6 is 118 Å². The summed E-state index contributed by atoms with van der Waals surface area (Å²) in [6.07, 6.45) is 4.38. The van der Waals surface area contributed by atoms with E-state index < -0.39 is 0 Å². The minimum atomic E-state index is 0.758. The van der Waals surface area contributed by atoms with Gasteiger partial charge in [-0.3, -0.25) is 0 Å². The molecular formula is C14H10S10Se2. The number of thioether (sulfide) groups is 10. The molecule has 0 spiro atoms. The zero-order chi connectivity index (χ0) is 17.7. The van der Waals surface area contributed by atoms with Crippen LogP contribution in [0.15, 0.2) is 41.5 Å². The summed E-state index contributed by atoms with van der Waals surface area (Å²) in [6.45, 7) is 0. The van der Waals surface area contributed by atoms with Crippen LogP contribution in [0.5, 0.6) is 0 Å². The van der Waals surface area contributed by atoms with Crippen molar-refractivity contribution in [1.29, 1.82) is 0 Å². The summed E-state index contributed by atoms with van der Waals surface area (Å²) >= 11 is 21.5. The van der Waals surface area contributed by atoms with E-state index in [9.17, 15) is 0 Å². The van der Waals surface area contributed by atoms with E-state index in [1.807, 2.05) is 94.1 Å². The van der Waals surface area contributed by atoms with Crippen molar-refractivity contribution in [3.8, 4) is 0 Å². The Labute approximate surface area is 209 Å². The van der Waals surface area contributed by atoms with Crippen LogP contribution in [0.2, 0.25) is 10.6 Å². The second-order valence-electron chi connectivity index (χ2n) is 4.80. The van der Waals surface area contributed by atoms with Gasteiger partial charge in [0.1, 0.15) is 0 Å². The van der Waals surface area contributed by atoms with Gasteiger partial charge in [0.2, 0.25) is 0 Å². The number of hydrogen-bond donors (Lipinski definition) is 0. The van der Waals surface area contributed by atoms with Gasteiger partial charge >= 0.3 is 200 Å². The molecule has 5 rings (SSSR count). The molecule has 0 aromatic carbocycles. The Kier molecular flexibility index (Phi) is 7.62. The molecule has 5 aliphatic heterocycles. The molecule has 0 nitrogen and oxygen atoms in total. The fourth-order valence-electron chi connectivity index (χ4n) is 2.16. The van der Waals surface area contributed by atoms with E-state index in [1.165, 1.54) is 36.1 Å². The third kappa shape index (κ3) is 4.27. The zero-order valence-electron chi connectivity index (χ0n) is 13.3. The molecule has 0 unspecified atom stereocenters. The molecule has 5 aliphatic rings. The summed E-state index contributed by atoms with van der Waals surface area (Å²) in [5.41, 5.74) is 0. The van der Waals surface area contributed by atoms with Gasteiger partial charge in [-0.15, -0.1) is 0 Å². The molecule has 138 valence electrons. The summed E-state index contributed by atoms with van der Waals surface area (Å²) in [7, 11) is 0. The first-order valence-electron chi connectivity index (χ1n) is 7.23. The second-order valence-corrected chi connectivity index (χ2v) is 22.5. The first kappa shape index (κ1) is 21.1. The Bertz CT molecular complexity index is 729. The fraction of sp³-hybridized carbons (Fsp3) is 0.286. The van der Waals surface area contributed by atoms with Gasteiger partial charge in [0.25, 0.3) is 0 Å². The molecular weight excluding hydrogens is 647 g/mol. The van der Waals surface area contributed by atoms with E-state index in [2.05, 4.69) is 36.0 Å². The predicted octanol–water partition coefficient (Wildman–Crippen LogP) is 8.52. The van der Waals surface area contributed by atoms with Crippen LogP contribution in [0.25, 0.3) is 0 Å². The Morgan fingerprint density at radius 3 is 1.27 bits per heavy atom. The summed E-state index contributed by atoms with van der Waals surface area (Å²) in [5.74, 6) is 0. The van der Waals surface area contributed by atoms with Crippen LogP contribution in [0, 0.1) is 0 Å². The van der Waals surface area contributed by atoms with Crippen molar-refractivity contribution in [2.75, 3.05) is 12.5 Å². The van der Waals surface area contributed by atoms with Crippen LogP contribution in [-0.2, 0) is 0 Å². The molecule has 0 radical (unpaired) electrons. The SMILES string of the molecule is CSC1=C(SC)SC(=C2SC3=C(S2)SC(=C2SC4=C(S2)[Se]CC[Se]4)S3)S1. The van der Waals surface area contributed by atoms with E-state index in [-0.39, 0.29) is 0 Å². The maximum atomic E-state index is 2.19. The summed E-state index contributed by atoms with van der Waals surface area (Å²) in [5, 5.41) is 2.94. The molecule has 0 bridgehead atoms. The van der Waals surface area contributed by atoms with Crippen molar-refractivity contribution in [1.82, 2.24) is 0 Å². The molecule has 0 saturated carbocycles. The van der Waals surface area contributed by atoms with E-state index in [4.69, 9.17) is 0 Å². The molecule has 0 aliphatic carbocycles. The zero-order valence-corrected chi connectivity index (χ0v) is 24.9. The first-order valence-corrected chi connectivity index (χ1v) is 20.3. The minimum absolute atomic E-state index is 0.758. The van der Waals surface area contributed by atoms with E-state index in [0.29, 0.717) is 0 Å². The first-order chi connectivity index (χ1) is 12.7. The van der Waals surface area contributed by atoms with E-state index in [1.54, 1.807) is 16.1 Å². The van der Waals surface area contributed by atoms with Crippen LogP contribution in [0.3, 0.4) is 0 Å². The number of hydrogen-bond acceptors (Lipinski definition) is 10. The van der Waals surface area contributed by atoms with Crippen molar-refractivity contribution in [2.24, 2.45) is 0 Å². The van der Waals surface area contributed by atoms with Gasteiger partial charge in [-0.1, -0.05) is 0 Å². The average Bonchev–Trinajstić information content (AvgIpc) is 3.39. The molecule has 0 aromatic rings. The summed E-state index contributed by atoms with van der Waals surface area (Å²) in [4.78, 5) is 0. The third-order valence-corrected chi connectivity index (χ3v) is 25.8. The molecule has 0 amide bonds. The molecule has 12 heteroatoms. The van der Waals surface area contributed by atoms with Gasteiger partial charge in [0.05, 0.1) is 0 Å². The van der Waals surface area contributed by atoms with Crippen molar-refractivity contribution < 1.29 is 0 Å². The maximum absolute atomic E-state index is 2.19. The Morgan fingerprint density at radius 1 is 0.538 bits per heavy atom. The Morgan fingerprint density at radius 2 is 0.885 bits per heavy atom. The fourth-order valence-corrected chi connectivity index (χ4v) is 25.4. The quantitative estimate of drug-likeness (QED) is 0.264. The molecule has 0 aromatic heterocycles. The second kappa shape index (κ2) is 9.39. The van der Waals surface area contributed by atoms with Crippen molar-refractivity contribution in [2.45, 2.75) is 10.6 Å². The predicted molar refractivity (Wildman–Crippen MR) is 144 cm³/mol. The van der Waals surface area contributed by atoms with Gasteiger partial charge in [-0.05, 0) is 12.5 Å². The standard InChI is InChI=1S/C14H10S10Se2/c1-15-5-6(16-2)18-7(17-5)8-19-9-10(20-8)22-11(21-9)12-23-13-14(24-12)26-4-3-25-13/h3-4H2,1-2H3. The molecule has 0 atom stereocenters. The van der Waals surface area contributed by atoms with E-state index in [0.717, 1.165) is 29.9 Å². The van der Waals surface area contributed by atoms with Crippen molar-refractivity contribution in [3.63, 3.8) is 0 Å². The summed E-state index contributed by atoms with van der Waals surface area (Å²) in [6, 6.07) is 0. The topological polar surface area (TPSA) is 0 Å². The van der Waals surface area contributed by atoms with Gasteiger partial charge in [-0.25, -0.2) is 0 Å². The van der Waals surface area contributed by atoms with Gasteiger partial charge < -0.3 is 0 Å². The average molecular weight is 657 g/mol.